The largest absolute Gasteiger partial charge is 0.450 e. The topological polar surface area (TPSA) is 63.0 Å². The van der Waals surface area contributed by atoms with Crippen molar-refractivity contribution >= 4 is 29.5 Å². The molecule has 1 fully saturated rings. The van der Waals surface area contributed by atoms with Gasteiger partial charge in [0.05, 0.1) is 12.3 Å². The highest BCUT2D eigenvalue weighted by Crippen LogP contribution is 2.37. The number of fused-ring (bicyclic) bond motifs is 2. The Bertz CT molecular complexity index is 811. The smallest absolute Gasteiger partial charge is 0.409 e. The van der Waals surface area contributed by atoms with Gasteiger partial charge in [-0.05, 0) is 30.8 Å². The molecule has 8 heteroatoms. The van der Waals surface area contributed by atoms with Gasteiger partial charge in [-0.1, -0.05) is 12.1 Å². The first-order chi connectivity index (χ1) is 12.3. The van der Waals surface area contributed by atoms with E-state index in [0.717, 1.165) is 21.7 Å². The van der Waals surface area contributed by atoms with Gasteiger partial charge in [-0.15, -0.1) is 0 Å². The third-order valence-electron chi connectivity index (χ3n) is 4.20. The molecule has 25 heavy (non-hydrogen) atoms. The second kappa shape index (κ2) is 6.79. The van der Waals surface area contributed by atoms with Crippen molar-refractivity contribution in [2.75, 3.05) is 32.8 Å². The number of amides is 1. The van der Waals surface area contributed by atoms with E-state index in [9.17, 15) is 4.79 Å². The highest BCUT2D eigenvalue weighted by atomic mass is 32.2. The Morgan fingerprint density at radius 1 is 1.24 bits per heavy atom. The number of aliphatic imine (C=N–C) groups is 1. The van der Waals surface area contributed by atoms with Gasteiger partial charge < -0.3 is 14.5 Å². The molecule has 2 aliphatic rings. The third kappa shape index (κ3) is 3.09. The predicted molar refractivity (Wildman–Crippen MR) is 95.5 cm³/mol. The van der Waals surface area contributed by atoms with Crippen molar-refractivity contribution in [3.05, 3.63) is 36.7 Å². The Hall–Kier alpha value is -2.48. The van der Waals surface area contributed by atoms with Crippen molar-refractivity contribution in [3.63, 3.8) is 0 Å². The summed E-state index contributed by atoms with van der Waals surface area (Å²) in [6.07, 6.45) is 3.49. The molecule has 0 unspecified atom stereocenters. The molecule has 0 N–H and O–H groups in total. The highest BCUT2D eigenvalue weighted by molar-refractivity contribution is 7.99. The molecule has 1 amide bonds. The molecule has 0 atom stereocenters. The minimum atomic E-state index is -0.242. The summed E-state index contributed by atoms with van der Waals surface area (Å²) in [5.74, 6) is 0.855. The van der Waals surface area contributed by atoms with Crippen LogP contribution in [0.4, 0.5) is 10.5 Å². The second-order valence-corrected chi connectivity index (χ2v) is 6.74. The fourth-order valence-electron chi connectivity index (χ4n) is 2.94. The Kier molecular flexibility index (Phi) is 4.35. The number of carbonyl (C=O) groups excluding carboxylic acids is 1. The monoisotopic (exact) mass is 357 g/mol. The maximum atomic E-state index is 11.9. The van der Waals surface area contributed by atoms with E-state index in [-0.39, 0.29) is 6.09 Å². The fourth-order valence-corrected chi connectivity index (χ4v) is 3.86. The van der Waals surface area contributed by atoms with Gasteiger partial charge in [0.2, 0.25) is 5.96 Å². The number of ether oxygens (including phenoxy) is 1. The van der Waals surface area contributed by atoms with Crippen molar-refractivity contribution in [1.82, 2.24) is 19.4 Å². The summed E-state index contributed by atoms with van der Waals surface area (Å²) >= 11 is 1.62. The molecule has 1 saturated heterocycles. The molecule has 0 radical (unpaired) electrons. The molecule has 4 rings (SSSR count). The van der Waals surface area contributed by atoms with Gasteiger partial charge >= 0.3 is 6.09 Å². The molecule has 1 aromatic carbocycles. The van der Waals surface area contributed by atoms with Crippen LogP contribution in [-0.4, -0.2) is 64.2 Å². The number of imidazole rings is 1. The van der Waals surface area contributed by atoms with Crippen molar-refractivity contribution in [3.8, 4) is 0 Å². The maximum Gasteiger partial charge on any atom is 0.409 e. The van der Waals surface area contributed by atoms with Crippen LogP contribution in [0.3, 0.4) is 0 Å². The number of hydrogen-bond donors (Lipinski definition) is 0. The molecule has 1 aromatic heterocycles. The van der Waals surface area contributed by atoms with E-state index in [2.05, 4.69) is 16.0 Å². The molecule has 130 valence electrons. The predicted octanol–water partition coefficient (Wildman–Crippen LogP) is 2.66. The standard InChI is InChI=1S/C17H19N5O2S/c1-2-24-17(23)21-11-9-20(10-12-21)15-19-13-5-3-4-6-14(13)25-16-18-7-8-22(15)16/h3-8H,2,9-12H2,1H3. The number of hydrogen-bond acceptors (Lipinski definition) is 6. The van der Waals surface area contributed by atoms with E-state index in [4.69, 9.17) is 9.73 Å². The van der Waals surface area contributed by atoms with Crippen LogP contribution in [0.15, 0.2) is 51.7 Å². The van der Waals surface area contributed by atoms with E-state index in [1.807, 2.05) is 35.9 Å². The van der Waals surface area contributed by atoms with Crippen LogP contribution in [0.1, 0.15) is 6.92 Å². The quantitative estimate of drug-likeness (QED) is 0.785. The maximum absolute atomic E-state index is 11.9. The number of rotatable bonds is 1. The molecular weight excluding hydrogens is 338 g/mol. The number of benzene rings is 1. The zero-order chi connectivity index (χ0) is 17.2. The van der Waals surface area contributed by atoms with Crippen molar-refractivity contribution in [1.29, 1.82) is 0 Å². The minimum absolute atomic E-state index is 0.242. The third-order valence-corrected chi connectivity index (χ3v) is 5.25. The van der Waals surface area contributed by atoms with Gasteiger partial charge in [-0.2, -0.15) is 0 Å². The van der Waals surface area contributed by atoms with Crippen LogP contribution in [0.5, 0.6) is 0 Å². The molecule has 2 aromatic rings. The number of carbonyl (C=O) groups is 1. The first-order valence-electron chi connectivity index (χ1n) is 8.32. The Morgan fingerprint density at radius 2 is 2.04 bits per heavy atom. The molecule has 0 spiro atoms. The summed E-state index contributed by atoms with van der Waals surface area (Å²) in [5, 5.41) is 0.900. The second-order valence-electron chi connectivity index (χ2n) is 5.73. The zero-order valence-electron chi connectivity index (χ0n) is 14.0. The summed E-state index contributed by atoms with van der Waals surface area (Å²) in [5.41, 5.74) is 0.945. The average molecular weight is 357 g/mol. The lowest BCUT2D eigenvalue weighted by molar-refractivity contribution is 0.0915. The first-order valence-corrected chi connectivity index (χ1v) is 9.14. The molecular formula is C17H19N5O2S. The average Bonchev–Trinajstić information content (AvgIpc) is 3.03. The lowest BCUT2D eigenvalue weighted by atomic mass is 10.3. The highest BCUT2D eigenvalue weighted by Gasteiger charge is 2.27. The van der Waals surface area contributed by atoms with Crippen LogP contribution >= 0.6 is 11.8 Å². The molecule has 2 aliphatic heterocycles. The Balaban J connectivity index is 1.60. The molecule has 7 nitrogen and oxygen atoms in total. The van der Waals surface area contributed by atoms with E-state index in [1.165, 1.54) is 0 Å². The van der Waals surface area contributed by atoms with E-state index >= 15 is 0 Å². The lowest BCUT2D eigenvalue weighted by Crippen LogP contribution is -2.52. The van der Waals surface area contributed by atoms with E-state index in [1.54, 1.807) is 22.9 Å². The van der Waals surface area contributed by atoms with E-state index < -0.39 is 0 Å². The Morgan fingerprint density at radius 3 is 2.84 bits per heavy atom. The molecule has 0 aliphatic carbocycles. The van der Waals surface area contributed by atoms with Gasteiger partial charge in [0, 0.05) is 43.5 Å². The zero-order valence-corrected chi connectivity index (χ0v) is 14.8. The lowest BCUT2D eigenvalue weighted by Gasteiger charge is -2.35. The SMILES string of the molecule is CCOC(=O)N1CCN(C2=Nc3ccccc3Sc3nccn32)CC1. The summed E-state index contributed by atoms with van der Waals surface area (Å²) in [4.78, 5) is 26.3. The molecule has 0 saturated carbocycles. The number of para-hydroxylation sites is 1. The molecule has 0 bridgehead atoms. The van der Waals surface area contributed by atoms with Crippen LogP contribution in [0.25, 0.3) is 0 Å². The van der Waals surface area contributed by atoms with Gasteiger partial charge in [0.25, 0.3) is 0 Å². The summed E-state index contributed by atoms with van der Waals surface area (Å²) in [7, 11) is 0. The van der Waals surface area contributed by atoms with Gasteiger partial charge in [0.1, 0.15) is 0 Å². The summed E-state index contributed by atoms with van der Waals surface area (Å²) < 4.78 is 7.11. The summed E-state index contributed by atoms with van der Waals surface area (Å²) in [6, 6.07) is 8.08. The van der Waals surface area contributed by atoms with Gasteiger partial charge in [-0.3, -0.25) is 4.57 Å². The summed E-state index contributed by atoms with van der Waals surface area (Å²) in [6.45, 7) is 4.89. The van der Waals surface area contributed by atoms with Gasteiger partial charge in [-0.25, -0.2) is 14.8 Å². The van der Waals surface area contributed by atoms with Crippen molar-refractivity contribution in [2.45, 2.75) is 17.0 Å². The first kappa shape index (κ1) is 16.0. The van der Waals surface area contributed by atoms with Crippen LogP contribution in [0.2, 0.25) is 0 Å². The number of nitrogens with zero attached hydrogens (tertiary/aromatic N) is 5. The van der Waals surface area contributed by atoms with Crippen LogP contribution in [0, 0.1) is 0 Å². The Labute approximate surface area is 150 Å². The number of piperazine rings is 1. The normalized spacial score (nSPS) is 16.6. The molecule has 3 heterocycles. The number of aromatic nitrogens is 2. The fraction of sp³-hybridized carbons (Fsp3) is 0.353. The van der Waals surface area contributed by atoms with Crippen molar-refractivity contribution in [2.24, 2.45) is 4.99 Å². The van der Waals surface area contributed by atoms with Gasteiger partial charge in [0.15, 0.2) is 5.16 Å². The van der Waals surface area contributed by atoms with Crippen LogP contribution < -0.4 is 0 Å². The van der Waals surface area contributed by atoms with E-state index in [0.29, 0.717) is 32.8 Å². The van der Waals surface area contributed by atoms with Crippen molar-refractivity contribution < 1.29 is 9.53 Å². The minimum Gasteiger partial charge on any atom is -0.450 e. The van der Waals surface area contributed by atoms with Crippen LogP contribution in [-0.2, 0) is 4.74 Å².